The quantitative estimate of drug-likeness (QED) is 0.844. The number of carbonyl (C=O) groups excluding carboxylic acids is 1. The normalized spacial score (nSPS) is 19.7. The number of ether oxygens (including phenoxy) is 1. The first-order valence-electron chi connectivity index (χ1n) is 8.98. The first-order valence-corrected chi connectivity index (χ1v) is 8.98. The minimum atomic E-state index is -0.354. The van der Waals surface area contributed by atoms with E-state index in [1.807, 2.05) is 41.3 Å². The lowest BCUT2D eigenvalue weighted by Gasteiger charge is -2.26. The van der Waals surface area contributed by atoms with E-state index in [1.54, 1.807) is 0 Å². The smallest absolute Gasteiger partial charge is 0.252 e. The van der Waals surface area contributed by atoms with Gasteiger partial charge in [-0.1, -0.05) is 60.7 Å². The van der Waals surface area contributed by atoms with Gasteiger partial charge in [-0.2, -0.15) is 0 Å². The predicted octanol–water partition coefficient (Wildman–Crippen LogP) is 2.76. The molecule has 2 aromatic rings. The van der Waals surface area contributed by atoms with Crippen LogP contribution in [0.2, 0.25) is 0 Å². The maximum atomic E-state index is 13.0. The van der Waals surface area contributed by atoms with Gasteiger partial charge >= 0.3 is 0 Å². The molecule has 0 aliphatic carbocycles. The first kappa shape index (κ1) is 17.6. The number of rotatable bonds is 7. The minimum absolute atomic E-state index is 0.0154. The standard InChI is InChI=1S/C21H26N2O2/c22-15-19-11-12-20(25-19)21(24)23(16-18-9-5-2-6-10-18)14-13-17-7-3-1-4-8-17/h1-10,19-20H,11-16,22H2/t19-,20+/m1/s1. The van der Waals surface area contributed by atoms with E-state index in [4.69, 9.17) is 10.5 Å². The Labute approximate surface area is 149 Å². The molecule has 1 fully saturated rings. The molecule has 1 heterocycles. The Hall–Kier alpha value is -2.17. The van der Waals surface area contributed by atoms with Gasteiger partial charge in [0.15, 0.2) is 0 Å². The topological polar surface area (TPSA) is 55.6 Å². The third kappa shape index (κ3) is 4.91. The monoisotopic (exact) mass is 338 g/mol. The highest BCUT2D eigenvalue weighted by Crippen LogP contribution is 2.22. The van der Waals surface area contributed by atoms with E-state index in [0.29, 0.717) is 19.6 Å². The molecule has 3 rings (SSSR count). The number of nitrogens with zero attached hydrogens (tertiary/aromatic N) is 1. The van der Waals surface area contributed by atoms with E-state index in [2.05, 4.69) is 24.3 Å². The van der Waals surface area contributed by atoms with Gasteiger partial charge in [-0.25, -0.2) is 0 Å². The SMILES string of the molecule is NC[C@H]1CC[C@@H](C(=O)N(CCc2ccccc2)Cc2ccccc2)O1. The van der Waals surface area contributed by atoms with Crippen molar-refractivity contribution in [1.82, 2.24) is 4.90 Å². The molecule has 0 unspecified atom stereocenters. The lowest BCUT2D eigenvalue weighted by molar-refractivity contribution is -0.143. The third-order valence-electron chi connectivity index (χ3n) is 4.69. The van der Waals surface area contributed by atoms with Crippen molar-refractivity contribution in [3.63, 3.8) is 0 Å². The summed E-state index contributed by atoms with van der Waals surface area (Å²) < 4.78 is 5.83. The average Bonchev–Trinajstić information content (AvgIpc) is 3.15. The predicted molar refractivity (Wildman–Crippen MR) is 99.0 cm³/mol. The van der Waals surface area contributed by atoms with E-state index in [-0.39, 0.29) is 18.1 Å². The number of carbonyl (C=O) groups is 1. The van der Waals surface area contributed by atoms with Gasteiger partial charge in [-0.3, -0.25) is 4.79 Å². The van der Waals surface area contributed by atoms with Crippen molar-refractivity contribution in [2.24, 2.45) is 5.73 Å². The zero-order valence-electron chi connectivity index (χ0n) is 14.5. The van der Waals surface area contributed by atoms with Crippen LogP contribution in [0.25, 0.3) is 0 Å². The molecule has 132 valence electrons. The van der Waals surface area contributed by atoms with Crippen LogP contribution in [-0.4, -0.2) is 36.1 Å². The molecule has 0 aromatic heterocycles. The second-order valence-electron chi connectivity index (χ2n) is 6.54. The fourth-order valence-electron chi connectivity index (χ4n) is 3.24. The van der Waals surface area contributed by atoms with Crippen molar-refractivity contribution in [3.8, 4) is 0 Å². The molecular formula is C21H26N2O2. The summed E-state index contributed by atoms with van der Waals surface area (Å²) in [5.41, 5.74) is 8.05. The molecule has 1 aliphatic heterocycles. The lowest BCUT2D eigenvalue weighted by Crippen LogP contribution is -2.40. The third-order valence-corrected chi connectivity index (χ3v) is 4.69. The molecule has 1 aliphatic rings. The molecule has 0 bridgehead atoms. The summed E-state index contributed by atoms with van der Waals surface area (Å²) in [4.78, 5) is 14.9. The van der Waals surface area contributed by atoms with Crippen LogP contribution in [0, 0.1) is 0 Å². The van der Waals surface area contributed by atoms with Crippen LogP contribution in [0.5, 0.6) is 0 Å². The number of benzene rings is 2. The summed E-state index contributed by atoms with van der Waals surface area (Å²) in [6.07, 6.45) is 2.13. The van der Waals surface area contributed by atoms with Crippen LogP contribution in [0.4, 0.5) is 0 Å². The molecule has 2 atom stereocenters. The highest BCUT2D eigenvalue weighted by atomic mass is 16.5. The number of hydrogen-bond donors (Lipinski definition) is 1. The van der Waals surface area contributed by atoms with E-state index < -0.39 is 0 Å². The molecule has 1 saturated heterocycles. The summed E-state index contributed by atoms with van der Waals surface area (Å²) in [6.45, 7) is 1.77. The summed E-state index contributed by atoms with van der Waals surface area (Å²) in [5.74, 6) is 0.0794. The maximum absolute atomic E-state index is 13.0. The zero-order chi connectivity index (χ0) is 17.5. The Bertz CT molecular complexity index is 660. The van der Waals surface area contributed by atoms with Gasteiger partial charge in [-0.05, 0) is 30.4 Å². The van der Waals surface area contributed by atoms with Gasteiger partial charge in [0.2, 0.25) is 0 Å². The number of amides is 1. The number of nitrogens with two attached hydrogens (primary N) is 1. The second-order valence-corrected chi connectivity index (χ2v) is 6.54. The lowest BCUT2D eigenvalue weighted by atomic mass is 10.1. The summed E-state index contributed by atoms with van der Waals surface area (Å²) >= 11 is 0. The van der Waals surface area contributed by atoms with Gasteiger partial charge in [0.25, 0.3) is 5.91 Å². The molecule has 4 heteroatoms. The molecule has 0 saturated carbocycles. The van der Waals surface area contributed by atoms with Crippen LogP contribution in [0.1, 0.15) is 24.0 Å². The molecule has 0 radical (unpaired) electrons. The van der Waals surface area contributed by atoms with Crippen molar-refractivity contribution in [2.75, 3.05) is 13.1 Å². The Balaban J connectivity index is 1.68. The highest BCUT2D eigenvalue weighted by Gasteiger charge is 2.32. The van der Waals surface area contributed by atoms with Gasteiger partial charge in [0.05, 0.1) is 6.10 Å². The fourth-order valence-corrected chi connectivity index (χ4v) is 3.24. The zero-order valence-corrected chi connectivity index (χ0v) is 14.5. The molecule has 2 aromatic carbocycles. The van der Waals surface area contributed by atoms with Crippen LogP contribution in [-0.2, 0) is 22.5 Å². The van der Waals surface area contributed by atoms with Gasteiger partial charge in [-0.15, -0.1) is 0 Å². The van der Waals surface area contributed by atoms with Crippen molar-refractivity contribution in [3.05, 3.63) is 71.8 Å². The Morgan fingerprint density at radius 3 is 2.24 bits per heavy atom. The fraction of sp³-hybridized carbons (Fsp3) is 0.381. The van der Waals surface area contributed by atoms with E-state index in [9.17, 15) is 4.79 Å². The molecule has 4 nitrogen and oxygen atoms in total. The van der Waals surface area contributed by atoms with E-state index in [0.717, 1.165) is 24.8 Å². The molecular weight excluding hydrogens is 312 g/mol. The van der Waals surface area contributed by atoms with Gasteiger partial charge in [0.1, 0.15) is 6.10 Å². The molecule has 1 amide bonds. The second kappa shape index (κ2) is 8.79. The van der Waals surface area contributed by atoms with Crippen LogP contribution < -0.4 is 5.73 Å². The summed E-state index contributed by atoms with van der Waals surface area (Å²) in [6, 6.07) is 20.4. The van der Waals surface area contributed by atoms with Crippen molar-refractivity contribution in [2.45, 2.75) is 38.0 Å². The van der Waals surface area contributed by atoms with Crippen molar-refractivity contribution < 1.29 is 9.53 Å². The van der Waals surface area contributed by atoms with E-state index in [1.165, 1.54) is 5.56 Å². The Morgan fingerprint density at radius 2 is 1.64 bits per heavy atom. The Morgan fingerprint density at radius 1 is 1.00 bits per heavy atom. The van der Waals surface area contributed by atoms with Gasteiger partial charge in [0, 0.05) is 19.6 Å². The number of hydrogen-bond acceptors (Lipinski definition) is 3. The van der Waals surface area contributed by atoms with Crippen molar-refractivity contribution >= 4 is 5.91 Å². The van der Waals surface area contributed by atoms with Crippen LogP contribution >= 0.6 is 0 Å². The molecule has 25 heavy (non-hydrogen) atoms. The molecule has 2 N–H and O–H groups in total. The Kier molecular flexibility index (Phi) is 6.20. The van der Waals surface area contributed by atoms with Crippen LogP contribution in [0.15, 0.2) is 60.7 Å². The van der Waals surface area contributed by atoms with Crippen molar-refractivity contribution in [1.29, 1.82) is 0 Å². The summed E-state index contributed by atoms with van der Waals surface area (Å²) in [5, 5.41) is 0. The highest BCUT2D eigenvalue weighted by molar-refractivity contribution is 5.81. The largest absolute Gasteiger partial charge is 0.364 e. The van der Waals surface area contributed by atoms with Crippen LogP contribution in [0.3, 0.4) is 0 Å². The maximum Gasteiger partial charge on any atom is 0.252 e. The molecule has 0 spiro atoms. The van der Waals surface area contributed by atoms with Gasteiger partial charge < -0.3 is 15.4 Å². The van der Waals surface area contributed by atoms with E-state index >= 15 is 0 Å². The minimum Gasteiger partial charge on any atom is -0.364 e. The summed E-state index contributed by atoms with van der Waals surface area (Å²) in [7, 11) is 0. The average molecular weight is 338 g/mol. The first-order chi connectivity index (χ1) is 12.3.